The first-order chi connectivity index (χ1) is 8.45. The lowest BCUT2D eigenvalue weighted by Crippen LogP contribution is -2.09. The quantitative estimate of drug-likeness (QED) is 0.806. The topological polar surface area (TPSA) is 38.7 Å². The molecule has 1 rings (SSSR count). The highest BCUT2D eigenvalue weighted by Crippen LogP contribution is 2.33. The van der Waals surface area contributed by atoms with Crippen molar-refractivity contribution in [3.8, 4) is 11.5 Å². The van der Waals surface area contributed by atoms with Crippen molar-refractivity contribution in [1.29, 1.82) is 0 Å². The molecule has 1 N–H and O–H groups in total. The van der Waals surface area contributed by atoms with Crippen LogP contribution in [0.4, 0.5) is 17.6 Å². The van der Waals surface area contributed by atoms with E-state index in [1.165, 1.54) is 0 Å². The van der Waals surface area contributed by atoms with Crippen molar-refractivity contribution < 1.29 is 32.1 Å². The summed E-state index contributed by atoms with van der Waals surface area (Å²) in [6, 6.07) is 3.19. The Balaban J connectivity index is 3.02. The Morgan fingerprint density at radius 3 is 2.33 bits per heavy atom. The van der Waals surface area contributed by atoms with Crippen LogP contribution in [0.25, 0.3) is 0 Å². The van der Waals surface area contributed by atoms with Crippen molar-refractivity contribution in [2.75, 3.05) is 6.61 Å². The van der Waals surface area contributed by atoms with E-state index in [2.05, 4.69) is 4.74 Å². The van der Waals surface area contributed by atoms with E-state index in [1.54, 1.807) is 6.92 Å². The fraction of sp³-hybridized carbons (Fsp3) is 0.455. The Hall–Kier alpha value is -1.50. The molecule has 1 aromatic rings. The molecule has 0 aliphatic rings. The Kier molecular flexibility index (Phi) is 5.21. The zero-order valence-corrected chi connectivity index (χ0v) is 9.45. The lowest BCUT2D eigenvalue weighted by atomic mass is 10.1. The molecule has 7 heteroatoms. The van der Waals surface area contributed by atoms with Gasteiger partial charge in [0.15, 0.2) is 11.5 Å². The van der Waals surface area contributed by atoms with Gasteiger partial charge in [0.2, 0.25) is 0 Å². The average Bonchev–Trinajstić information content (AvgIpc) is 2.30. The van der Waals surface area contributed by atoms with Crippen molar-refractivity contribution in [3.05, 3.63) is 23.8 Å². The first-order valence-electron chi connectivity index (χ1n) is 5.13. The van der Waals surface area contributed by atoms with E-state index in [1.807, 2.05) is 0 Å². The molecule has 0 radical (unpaired) electrons. The molecule has 0 aliphatic heterocycles. The molecule has 0 spiro atoms. The summed E-state index contributed by atoms with van der Waals surface area (Å²) in [5.74, 6) is -0.382. The third-order valence-electron chi connectivity index (χ3n) is 2.06. The number of rotatable bonds is 6. The van der Waals surface area contributed by atoms with Crippen LogP contribution in [0.15, 0.2) is 18.2 Å². The summed E-state index contributed by atoms with van der Waals surface area (Å²) in [7, 11) is 0. The summed E-state index contributed by atoms with van der Waals surface area (Å²) < 4.78 is 57.9. The predicted molar refractivity (Wildman–Crippen MR) is 55.2 cm³/mol. The lowest BCUT2D eigenvalue weighted by Gasteiger charge is -2.15. The van der Waals surface area contributed by atoms with E-state index in [9.17, 15) is 17.6 Å². The molecule has 0 saturated carbocycles. The highest BCUT2D eigenvalue weighted by Gasteiger charge is 2.21. The maximum atomic E-state index is 12.3. The molecular formula is C11H12F4O3. The van der Waals surface area contributed by atoms with Gasteiger partial charge in [0.25, 0.3) is 6.43 Å². The van der Waals surface area contributed by atoms with Crippen molar-refractivity contribution in [2.24, 2.45) is 0 Å². The summed E-state index contributed by atoms with van der Waals surface area (Å²) >= 11 is 0. The first kappa shape index (κ1) is 14.6. The number of halogens is 4. The van der Waals surface area contributed by atoms with Crippen LogP contribution in [0.2, 0.25) is 0 Å². The molecule has 18 heavy (non-hydrogen) atoms. The van der Waals surface area contributed by atoms with Crippen LogP contribution in [0.5, 0.6) is 11.5 Å². The molecule has 0 aromatic heterocycles. The van der Waals surface area contributed by atoms with Crippen LogP contribution in [0.3, 0.4) is 0 Å². The van der Waals surface area contributed by atoms with E-state index in [0.29, 0.717) is 0 Å². The minimum Gasteiger partial charge on any atom is -0.490 e. The number of aliphatic hydroxyl groups is 1. The largest absolute Gasteiger partial charge is 0.490 e. The molecule has 0 amide bonds. The van der Waals surface area contributed by atoms with Crippen molar-refractivity contribution >= 4 is 0 Å². The van der Waals surface area contributed by atoms with Gasteiger partial charge >= 0.3 is 6.61 Å². The van der Waals surface area contributed by atoms with Crippen molar-refractivity contribution in [1.82, 2.24) is 0 Å². The second-order valence-corrected chi connectivity index (χ2v) is 3.30. The van der Waals surface area contributed by atoms with Gasteiger partial charge in [-0.1, -0.05) is 6.07 Å². The van der Waals surface area contributed by atoms with Crippen molar-refractivity contribution in [3.63, 3.8) is 0 Å². The normalized spacial score (nSPS) is 12.9. The van der Waals surface area contributed by atoms with Crippen LogP contribution in [-0.4, -0.2) is 24.8 Å². The maximum Gasteiger partial charge on any atom is 0.387 e. The minimum absolute atomic E-state index is 0.116. The Labute approximate surface area is 101 Å². The van der Waals surface area contributed by atoms with Crippen LogP contribution in [0, 0.1) is 0 Å². The van der Waals surface area contributed by atoms with E-state index in [0.717, 1.165) is 18.2 Å². The number of hydrogen-bond donors (Lipinski definition) is 1. The molecule has 0 bridgehead atoms. The van der Waals surface area contributed by atoms with Gasteiger partial charge < -0.3 is 14.6 Å². The minimum atomic E-state index is -3.05. The zero-order valence-electron chi connectivity index (χ0n) is 9.45. The molecule has 0 fully saturated rings. The number of benzene rings is 1. The summed E-state index contributed by atoms with van der Waals surface area (Å²) in [5.41, 5.74) is -0.130. The Morgan fingerprint density at radius 1 is 1.17 bits per heavy atom. The fourth-order valence-corrected chi connectivity index (χ4v) is 1.32. The van der Waals surface area contributed by atoms with Crippen LogP contribution < -0.4 is 9.47 Å². The van der Waals surface area contributed by atoms with Crippen LogP contribution in [0.1, 0.15) is 18.6 Å². The van der Waals surface area contributed by atoms with E-state index >= 15 is 0 Å². The number of hydrogen-bond acceptors (Lipinski definition) is 3. The van der Waals surface area contributed by atoms with Gasteiger partial charge in [0.1, 0.15) is 6.10 Å². The third-order valence-corrected chi connectivity index (χ3v) is 2.06. The number of alkyl halides is 4. The standard InChI is InChI=1S/C11H12F4O3/c1-2-17-8-5-6(9(16)10(12)13)3-4-7(8)18-11(14)15/h3-5,9-11,16H,2H2,1H3. The molecule has 0 saturated heterocycles. The SMILES string of the molecule is CCOc1cc(C(O)C(F)F)ccc1OC(F)F. The molecule has 1 atom stereocenters. The second-order valence-electron chi connectivity index (χ2n) is 3.30. The van der Waals surface area contributed by atoms with Crippen molar-refractivity contribution in [2.45, 2.75) is 26.1 Å². The second kappa shape index (κ2) is 6.44. The van der Waals surface area contributed by atoms with Gasteiger partial charge in [0.05, 0.1) is 6.61 Å². The van der Waals surface area contributed by atoms with Gasteiger partial charge in [0, 0.05) is 0 Å². The maximum absolute atomic E-state index is 12.3. The van der Waals surface area contributed by atoms with Crippen LogP contribution in [-0.2, 0) is 0 Å². The molecule has 102 valence electrons. The highest BCUT2D eigenvalue weighted by atomic mass is 19.3. The molecule has 1 unspecified atom stereocenters. The van der Waals surface area contributed by atoms with E-state index < -0.39 is 19.1 Å². The molecule has 3 nitrogen and oxygen atoms in total. The summed E-state index contributed by atoms with van der Waals surface area (Å²) in [5, 5.41) is 9.17. The summed E-state index contributed by atoms with van der Waals surface area (Å²) in [6.07, 6.45) is -4.97. The van der Waals surface area contributed by atoms with Gasteiger partial charge in [-0.05, 0) is 24.6 Å². The smallest absolute Gasteiger partial charge is 0.387 e. The predicted octanol–water partition coefficient (Wildman–Crippen LogP) is 2.99. The average molecular weight is 268 g/mol. The monoisotopic (exact) mass is 268 g/mol. The third kappa shape index (κ3) is 3.76. The molecule has 1 aromatic carbocycles. The van der Waals surface area contributed by atoms with E-state index in [4.69, 9.17) is 9.84 Å². The Bertz CT molecular complexity index is 385. The van der Waals surface area contributed by atoms with E-state index in [-0.39, 0.29) is 23.7 Å². The highest BCUT2D eigenvalue weighted by molar-refractivity contribution is 5.43. The lowest BCUT2D eigenvalue weighted by molar-refractivity contribution is -0.0515. The van der Waals surface area contributed by atoms with Gasteiger partial charge in [-0.15, -0.1) is 0 Å². The molecule has 0 heterocycles. The van der Waals surface area contributed by atoms with Gasteiger partial charge in [-0.25, -0.2) is 8.78 Å². The summed E-state index contributed by atoms with van der Waals surface area (Å²) in [6.45, 7) is -1.30. The first-order valence-corrected chi connectivity index (χ1v) is 5.13. The fourth-order valence-electron chi connectivity index (χ4n) is 1.32. The zero-order chi connectivity index (χ0) is 13.7. The molecular weight excluding hydrogens is 256 g/mol. The van der Waals surface area contributed by atoms with Gasteiger partial charge in [-0.2, -0.15) is 8.78 Å². The number of ether oxygens (including phenoxy) is 2. The number of aliphatic hydroxyl groups excluding tert-OH is 1. The molecule has 0 aliphatic carbocycles. The van der Waals surface area contributed by atoms with Gasteiger partial charge in [-0.3, -0.25) is 0 Å². The Morgan fingerprint density at radius 2 is 1.83 bits per heavy atom. The van der Waals surface area contributed by atoms with Crippen LogP contribution >= 0.6 is 0 Å². The summed E-state index contributed by atoms with van der Waals surface area (Å²) in [4.78, 5) is 0.